The summed E-state index contributed by atoms with van der Waals surface area (Å²) in [4.78, 5) is 2.23. The average molecular weight is 177 g/mol. The Balaban J connectivity index is 2.45. The molecule has 2 atom stereocenters. The van der Waals surface area contributed by atoms with E-state index in [1.807, 2.05) is 0 Å². The number of allylic oxidation sites excluding steroid dienone is 2. The third kappa shape index (κ3) is 3.65. The maximum absolute atomic E-state index is 3.35. The van der Waals surface area contributed by atoms with Gasteiger partial charge in [-0.15, -0.1) is 0 Å². The van der Waals surface area contributed by atoms with E-state index in [2.05, 4.69) is 49.9 Å². The van der Waals surface area contributed by atoms with Gasteiger partial charge in [-0.2, -0.15) is 0 Å². The lowest BCUT2D eigenvalue weighted by atomic mass is 9.92. The molecule has 0 bridgehead atoms. The van der Waals surface area contributed by atoms with E-state index in [0.29, 0.717) is 11.8 Å². The fraction of sp³-hybridized carbons (Fsp3) is 0.667. The molecule has 1 unspecified atom stereocenters. The van der Waals surface area contributed by atoms with E-state index in [9.17, 15) is 0 Å². The van der Waals surface area contributed by atoms with E-state index in [-0.39, 0.29) is 0 Å². The van der Waals surface area contributed by atoms with Crippen molar-refractivity contribution in [2.45, 2.75) is 19.8 Å². The van der Waals surface area contributed by atoms with Crippen molar-refractivity contribution >= 4 is 0 Å². The van der Waals surface area contributed by atoms with Crippen LogP contribution in [0.2, 0.25) is 0 Å². The summed E-state index contributed by atoms with van der Waals surface area (Å²) < 4.78 is 0. The van der Waals surface area contributed by atoms with Gasteiger partial charge in [-0.25, -0.2) is 0 Å². The van der Waals surface area contributed by atoms with Gasteiger partial charge in [0.2, 0.25) is 0 Å². The molecular formula is C12H19N. The van der Waals surface area contributed by atoms with Crippen LogP contribution in [-0.4, -0.2) is 25.5 Å². The molecule has 1 nitrogen and oxygen atoms in total. The van der Waals surface area contributed by atoms with E-state index < -0.39 is 0 Å². The summed E-state index contributed by atoms with van der Waals surface area (Å²) in [5.74, 6) is 7.72. The van der Waals surface area contributed by atoms with E-state index in [1.165, 1.54) is 6.42 Å². The molecule has 0 aromatic heterocycles. The Labute approximate surface area is 81.8 Å². The molecule has 0 aromatic rings. The summed E-state index contributed by atoms with van der Waals surface area (Å²) in [5.41, 5.74) is 0. The molecule has 0 N–H and O–H groups in total. The van der Waals surface area contributed by atoms with E-state index in [4.69, 9.17) is 0 Å². The van der Waals surface area contributed by atoms with Crippen LogP contribution >= 0.6 is 0 Å². The third-order valence-corrected chi connectivity index (χ3v) is 2.47. The van der Waals surface area contributed by atoms with Gasteiger partial charge < -0.3 is 4.90 Å². The second-order valence-electron chi connectivity index (χ2n) is 4.01. The van der Waals surface area contributed by atoms with Crippen LogP contribution < -0.4 is 0 Å². The molecule has 1 heteroatoms. The zero-order valence-electron chi connectivity index (χ0n) is 8.88. The molecular weight excluding hydrogens is 158 g/mol. The molecule has 1 aliphatic carbocycles. The number of hydrogen-bond donors (Lipinski definition) is 0. The first-order chi connectivity index (χ1) is 6.20. The molecule has 0 spiro atoms. The van der Waals surface area contributed by atoms with Gasteiger partial charge in [0.15, 0.2) is 0 Å². The molecule has 0 fully saturated rings. The van der Waals surface area contributed by atoms with Crippen molar-refractivity contribution in [2.24, 2.45) is 11.8 Å². The Bertz CT molecular complexity index is 229. The Morgan fingerprint density at radius 3 is 2.92 bits per heavy atom. The molecule has 0 saturated carbocycles. The molecule has 1 aliphatic rings. The molecule has 0 aromatic carbocycles. The van der Waals surface area contributed by atoms with E-state index in [1.54, 1.807) is 0 Å². The second kappa shape index (κ2) is 5.09. The number of rotatable bonds is 3. The summed E-state index contributed by atoms with van der Waals surface area (Å²) >= 11 is 0. The molecule has 72 valence electrons. The van der Waals surface area contributed by atoms with Crippen molar-refractivity contribution < 1.29 is 0 Å². The lowest BCUT2D eigenvalue weighted by Crippen LogP contribution is -2.18. The Kier molecular flexibility index (Phi) is 4.05. The summed E-state index contributed by atoms with van der Waals surface area (Å²) in [7, 11) is 4.23. The minimum absolute atomic E-state index is 0.557. The lowest BCUT2D eigenvalue weighted by molar-refractivity contribution is 0.355. The monoisotopic (exact) mass is 177 g/mol. The zero-order valence-corrected chi connectivity index (χ0v) is 8.88. The second-order valence-corrected chi connectivity index (χ2v) is 4.01. The summed E-state index contributed by atoms with van der Waals surface area (Å²) in [6, 6.07) is 0. The first-order valence-corrected chi connectivity index (χ1v) is 5.00. The predicted molar refractivity (Wildman–Crippen MR) is 57.4 cm³/mol. The topological polar surface area (TPSA) is 3.24 Å². The van der Waals surface area contributed by atoms with Crippen molar-refractivity contribution in [3.05, 3.63) is 12.2 Å². The lowest BCUT2D eigenvalue weighted by Gasteiger charge is -2.17. The van der Waals surface area contributed by atoms with Crippen molar-refractivity contribution in [1.82, 2.24) is 4.90 Å². The normalized spacial score (nSPS) is 26.8. The molecule has 1 rings (SSSR count). The SMILES string of the molecule is CC1C=CCC#C[C@@H]1CCN(C)C. The van der Waals surface area contributed by atoms with E-state index in [0.717, 1.165) is 13.0 Å². The smallest absolute Gasteiger partial charge is 0.0275 e. The van der Waals surface area contributed by atoms with Crippen molar-refractivity contribution in [3.63, 3.8) is 0 Å². The third-order valence-electron chi connectivity index (χ3n) is 2.47. The first kappa shape index (κ1) is 10.3. The summed E-state index contributed by atoms with van der Waals surface area (Å²) in [6.07, 6.45) is 6.59. The first-order valence-electron chi connectivity index (χ1n) is 5.00. The highest BCUT2D eigenvalue weighted by atomic mass is 15.0. The maximum atomic E-state index is 3.35. The molecule has 0 amide bonds. The van der Waals surface area contributed by atoms with Crippen molar-refractivity contribution in [2.75, 3.05) is 20.6 Å². The maximum Gasteiger partial charge on any atom is 0.0275 e. The number of hydrogen-bond acceptors (Lipinski definition) is 1. The zero-order chi connectivity index (χ0) is 9.68. The minimum atomic E-state index is 0.557. The highest BCUT2D eigenvalue weighted by Gasteiger charge is 2.13. The molecule has 0 radical (unpaired) electrons. The highest BCUT2D eigenvalue weighted by molar-refractivity contribution is 5.14. The quantitative estimate of drug-likeness (QED) is 0.471. The molecule has 0 heterocycles. The van der Waals surface area contributed by atoms with Gasteiger partial charge in [0.25, 0.3) is 0 Å². The van der Waals surface area contributed by atoms with Crippen LogP contribution in [0.1, 0.15) is 19.8 Å². The van der Waals surface area contributed by atoms with Crippen molar-refractivity contribution in [1.29, 1.82) is 0 Å². The minimum Gasteiger partial charge on any atom is -0.309 e. The molecule has 0 saturated heterocycles. The van der Waals surface area contributed by atoms with Gasteiger partial charge >= 0.3 is 0 Å². The standard InChI is InChI=1S/C12H19N/c1-11-7-5-4-6-8-12(11)9-10-13(2)3/h5,7,11-12H,4,9-10H2,1-3H3/t11?,12-/m1/s1. The van der Waals surface area contributed by atoms with Crippen LogP contribution in [-0.2, 0) is 0 Å². The van der Waals surface area contributed by atoms with Gasteiger partial charge in [0.05, 0.1) is 0 Å². The summed E-state index contributed by atoms with van der Waals surface area (Å²) in [6.45, 7) is 3.40. The highest BCUT2D eigenvalue weighted by Crippen LogP contribution is 2.18. The molecule has 13 heavy (non-hydrogen) atoms. The Morgan fingerprint density at radius 1 is 1.46 bits per heavy atom. The van der Waals surface area contributed by atoms with Gasteiger partial charge in [-0.3, -0.25) is 0 Å². The predicted octanol–water partition coefficient (Wildman–Crippen LogP) is 2.15. The summed E-state index contributed by atoms with van der Waals surface area (Å²) in [5, 5.41) is 0. The van der Waals surface area contributed by atoms with Gasteiger partial charge in [0.1, 0.15) is 0 Å². The number of nitrogens with zero attached hydrogens (tertiary/aromatic N) is 1. The van der Waals surface area contributed by atoms with Gasteiger partial charge in [-0.05, 0) is 33.0 Å². The fourth-order valence-electron chi connectivity index (χ4n) is 1.53. The van der Waals surface area contributed by atoms with Crippen LogP contribution in [0.25, 0.3) is 0 Å². The van der Waals surface area contributed by atoms with Crippen LogP contribution in [0.3, 0.4) is 0 Å². The Morgan fingerprint density at radius 2 is 2.23 bits per heavy atom. The van der Waals surface area contributed by atoms with Crippen LogP contribution in [0.15, 0.2) is 12.2 Å². The van der Waals surface area contributed by atoms with Crippen molar-refractivity contribution in [3.8, 4) is 11.8 Å². The average Bonchev–Trinajstić information content (AvgIpc) is 2.27. The Hall–Kier alpha value is -0.740. The van der Waals surface area contributed by atoms with Crippen LogP contribution in [0.4, 0.5) is 0 Å². The van der Waals surface area contributed by atoms with E-state index >= 15 is 0 Å². The van der Waals surface area contributed by atoms with Crippen LogP contribution in [0.5, 0.6) is 0 Å². The fourth-order valence-corrected chi connectivity index (χ4v) is 1.53. The largest absolute Gasteiger partial charge is 0.309 e. The van der Waals surface area contributed by atoms with Gasteiger partial charge in [-0.1, -0.05) is 30.9 Å². The molecule has 0 aliphatic heterocycles. The van der Waals surface area contributed by atoms with Crippen LogP contribution in [0, 0.1) is 23.7 Å². The van der Waals surface area contributed by atoms with Gasteiger partial charge in [0, 0.05) is 12.3 Å².